The summed E-state index contributed by atoms with van der Waals surface area (Å²) in [5, 5.41) is 7.72. The number of morpholine rings is 1. The zero-order valence-electron chi connectivity index (χ0n) is 27.7. The van der Waals surface area contributed by atoms with Crippen LogP contribution in [-0.2, 0) is 32.1 Å². The Bertz CT molecular complexity index is 1540. The molecule has 48 heavy (non-hydrogen) atoms. The smallest absolute Gasteiger partial charge is 0.320 e. The first-order valence-corrected chi connectivity index (χ1v) is 17.9. The quantitative estimate of drug-likeness (QED) is 0.497. The van der Waals surface area contributed by atoms with E-state index in [-0.39, 0.29) is 55.1 Å². The van der Waals surface area contributed by atoms with Gasteiger partial charge in [-0.1, -0.05) is 12.1 Å². The zero-order chi connectivity index (χ0) is 33.4. The van der Waals surface area contributed by atoms with Gasteiger partial charge in [0.1, 0.15) is 17.8 Å². The Morgan fingerprint density at radius 3 is 2.62 bits per heavy atom. The van der Waals surface area contributed by atoms with Crippen LogP contribution in [0.2, 0.25) is 0 Å². The first-order chi connectivity index (χ1) is 23.3. The van der Waals surface area contributed by atoms with Crippen LogP contribution in [0.3, 0.4) is 0 Å². The molecule has 0 aliphatic carbocycles. The van der Waals surface area contributed by atoms with Gasteiger partial charge < -0.3 is 39.7 Å². The Hall–Kier alpha value is -3.75. The van der Waals surface area contributed by atoms with Crippen molar-refractivity contribution < 1.29 is 28.7 Å². The highest BCUT2D eigenvalue weighted by atomic mass is 32.1. The van der Waals surface area contributed by atoms with Crippen LogP contribution in [0, 0.1) is 6.92 Å². The highest BCUT2D eigenvalue weighted by Crippen LogP contribution is 2.35. The molecule has 14 heteroatoms. The van der Waals surface area contributed by atoms with E-state index in [0.717, 1.165) is 39.7 Å². The molecule has 5 amide bonds. The highest BCUT2D eigenvalue weighted by Gasteiger charge is 2.49. The standard InChI is InChI=1S/C34H45N7O6S/c1-21-27-17-30(42)36-25-16-29(41(20-25)34(45)39-10-12-47-13-11-39)33(44)40-19-24(35-18-22-4-3-5-26(14-22)46-2)15-28(40)32(43)38-8-6-23(7-9-38)31(37-27)48-21/h3-5,14,23-25,28-29,35H,6-13,15-20H2,1-2H3,(H,36,42)/t24-,25+,28-,29-/m0/s1. The number of benzene rings is 1. The number of ether oxygens (including phenoxy) is 2. The molecule has 13 nitrogen and oxygen atoms in total. The van der Waals surface area contributed by atoms with Gasteiger partial charge in [0.15, 0.2) is 0 Å². The van der Waals surface area contributed by atoms with Gasteiger partial charge >= 0.3 is 6.03 Å². The van der Waals surface area contributed by atoms with Gasteiger partial charge in [-0.15, -0.1) is 11.3 Å². The predicted molar refractivity (Wildman–Crippen MR) is 178 cm³/mol. The van der Waals surface area contributed by atoms with Crippen molar-refractivity contribution in [2.45, 2.75) is 75.7 Å². The first-order valence-electron chi connectivity index (χ1n) is 17.1. The number of thiazole rings is 1. The van der Waals surface area contributed by atoms with Gasteiger partial charge in [-0.25, -0.2) is 9.78 Å². The lowest BCUT2D eigenvalue weighted by atomic mass is 9.96. The van der Waals surface area contributed by atoms with Gasteiger partial charge in [0, 0.05) is 68.7 Å². The fourth-order valence-electron chi connectivity index (χ4n) is 7.80. The number of carbonyl (C=O) groups excluding carboxylic acids is 4. The average molecular weight is 680 g/mol. The van der Waals surface area contributed by atoms with E-state index in [1.165, 1.54) is 0 Å². The minimum atomic E-state index is -0.799. The van der Waals surface area contributed by atoms with Crippen molar-refractivity contribution in [2.75, 3.05) is 59.6 Å². The molecule has 4 fully saturated rings. The molecule has 7 heterocycles. The Labute approximate surface area is 284 Å². The lowest BCUT2D eigenvalue weighted by Gasteiger charge is -2.37. The molecule has 0 spiro atoms. The van der Waals surface area contributed by atoms with Gasteiger partial charge in [-0.2, -0.15) is 0 Å². The van der Waals surface area contributed by atoms with Crippen LogP contribution in [0.4, 0.5) is 4.79 Å². The summed E-state index contributed by atoms with van der Waals surface area (Å²) in [6.07, 6.45) is 2.49. The van der Waals surface area contributed by atoms with Crippen LogP contribution in [-0.4, -0.2) is 132 Å². The number of nitrogens with one attached hydrogen (secondary N) is 2. The summed E-state index contributed by atoms with van der Waals surface area (Å²) in [6, 6.07) is 5.64. The number of urea groups is 1. The van der Waals surface area contributed by atoms with Crippen LogP contribution in [0.25, 0.3) is 0 Å². The van der Waals surface area contributed by atoms with Gasteiger partial charge in [0.2, 0.25) is 17.7 Å². The summed E-state index contributed by atoms with van der Waals surface area (Å²) < 4.78 is 10.9. The third-order valence-corrected chi connectivity index (χ3v) is 11.6. The largest absolute Gasteiger partial charge is 0.497 e. The third kappa shape index (κ3) is 6.74. The van der Waals surface area contributed by atoms with Crippen molar-refractivity contribution in [3.05, 3.63) is 45.4 Å². The van der Waals surface area contributed by atoms with Crippen molar-refractivity contribution in [1.29, 1.82) is 0 Å². The molecule has 4 saturated heterocycles. The minimum Gasteiger partial charge on any atom is -0.497 e. The highest BCUT2D eigenvalue weighted by molar-refractivity contribution is 7.11. The number of amides is 5. The maximum atomic E-state index is 14.6. The van der Waals surface area contributed by atoms with E-state index in [0.29, 0.717) is 58.9 Å². The molecule has 4 atom stereocenters. The number of methoxy groups -OCH3 is 1. The molecular formula is C34H45N7O6S. The van der Waals surface area contributed by atoms with Crippen LogP contribution in [0.5, 0.6) is 5.75 Å². The number of fused-ring (bicyclic) bond motifs is 4. The summed E-state index contributed by atoms with van der Waals surface area (Å²) >= 11 is 1.64. The van der Waals surface area contributed by atoms with E-state index in [1.807, 2.05) is 36.1 Å². The third-order valence-electron chi connectivity index (χ3n) is 10.5. The molecule has 2 N–H and O–H groups in total. The second-order valence-electron chi connectivity index (χ2n) is 13.6. The summed E-state index contributed by atoms with van der Waals surface area (Å²) in [4.78, 5) is 69.1. The summed E-state index contributed by atoms with van der Waals surface area (Å²) in [7, 11) is 1.64. The number of likely N-dealkylation sites (tertiary alicyclic amines) is 1. The van der Waals surface area contributed by atoms with Crippen LogP contribution in [0.15, 0.2) is 24.3 Å². The van der Waals surface area contributed by atoms with E-state index in [9.17, 15) is 19.2 Å². The first kappa shape index (κ1) is 32.8. The topological polar surface area (TPSA) is 137 Å². The van der Waals surface area contributed by atoms with Crippen molar-refractivity contribution >= 4 is 35.1 Å². The molecule has 1 aromatic carbocycles. The Kier molecular flexibility index (Phi) is 9.56. The number of aromatic nitrogens is 1. The summed E-state index contributed by atoms with van der Waals surface area (Å²) in [5.74, 6) is 0.560. The molecule has 1 aromatic heterocycles. The maximum absolute atomic E-state index is 14.6. The fraction of sp³-hybridized carbons (Fsp3) is 0.618. The molecule has 6 aliphatic rings. The van der Waals surface area contributed by atoms with Gasteiger partial charge in [-0.05, 0) is 50.3 Å². The van der Waals surface area contributed by atoms with Crippen molar-refractivity contribution in [3.8, 4) is 5.75 Å². The monoisotopic (exact) mass is 679 g/mol. The van der Waals surface area contributed by atoms with Gasteiger partial charge in [0.05, 0.1) is 37.4 Å². The Morgan fingerprint density at radius 1 is 1.06 bits per heavy atom. The maximum Gasteiger partial charge on any atom is 0.320 e. The molecule has 6 aliphatic heterocycles. The number of carbonyl (C=O) groups is 4. The van der Waals surface area contributed by atoms with Crippen molar-refractivity contribution in [3.63, 3.8) is 0 Å². The predicted octanol–water partition coefficient (Wildman–Crippen LogP) is 1.49. The second-order valence-corrected chi connectivity index (χ2v) is 14.8. The Balaban J connectivity index is 1.18. The molecule has 6 bridgehead atoms. The number of hydrogen-bond donors (Lipinski definition) is 2. The molecule has 0 saturated carbocycles. The van der Waals surface area contributed by atoms with E-state index in [1.54, 1.807) is 33.1 Å². The van der Waals surface area contributed by atoms with Gasteiger partial charge in [-0.3, -0.25) is 14.4 Å². The van der Waals surface area contributed by atoms with Crippen LogP contribution < -0.4 is 15.4 Å². The van der Waals surface area contributed by atoms with Crippen LogP contribution >= 0.6 is 11.3 Å². The van der Waals surface area contributed by atoms with Crippen molar-refractivity contribution in [1.82, 2.24) is 35.2 Å². The molecule has 0 radical (unpaired) electrons. The van der Waals surface area contributed by atoms with E-state index in [2.05, 4.69) is 10.6 Å². The van der Waals surface area contributed by atoms with Gasteiger partial charge in [0.25, 0.3) is 0 Å². The molecule has 2 aromatic rings. The lowest BCUT2D eigenvalue weighted by molar-refractivity contribution is -0.146. The number of aryl methyl sites for hydroxylation is 1. The SMILES string of the molecule is COc1cccc(CN[C@H]2C[C@H]3C(=O)N4CCC(CC4)c4nc(c(C)s4)CC(=O)N[C@@H]4C[C@@H](C(=O)N3C2)N(C(=O)N2CCOCC2)C4)c1. The second kappa shape index (κ2) is 14.0. The molecular weight excluding hydrogens is 634 g/mol. The average Bonchev–Trinajstić information content (AvgIpc) is 3.83. The summed E-state index contributed by atoms with van der Waals surface area (Å²) in [6.45, 7) is 6.07. The Morgan fingerprint density at radius 2 is 1.85 bits per heavy atom. The molecule has 0 unspecified atom stereocenters. The summed E-state index contributed by atoms with van der Waals surface area (Å²) in [5.41, 5.74) is 1.82. The van der Waals surface area contributed by atoms with E-state index < -0.39 is 18.1 Å². The number of rotatable bonds is 4. The van der Waals surface area contributed by atoms with E-state index in [4.69, 9.17) is 14.5 Å². The number of nitrogens with zero attached hydrogens (tertiary/aromatic N) is 5. The molecule has 8 rings (SSSR count). The number of hydrogen-bond acceptors (Lipinski definition) is 9. The zero-order valence-corrected chi connectivity index (χ0v) is 28.5. The lowest BCUT2D eigenvalue weighted by Crippen LogP contribution is -2.56. The normalized spacial score (nSPS) is 28.0. The number of piperidine rings is 1. The van der Waals surface area contributed by atoms with Crippen molar-refractivity contribution in [2.24, 2.45) is 0 Å². The molecule has 258 valence electrons. The fourth-order valence-corrected chi connectivity index (χ4v) is 8.90. The minimum absolute atomic E-state index is 0.0401. The van der Waals surface area contributed by atoms with E-state index >= 15 is 0 Å². The van der Waals surface area contributed by atoms with Crippen LogP contribution in [0.1, 0.15) is 52.7 Å².